The lowest BCUT2D eigenvalue weighted by atomic mass is 9.76. The van der Waals surface area contributed by atoms with Crippen molar-refractivity contribution in [3.8, 4) is 0 Å². The topological polar surface area (TPSA) is 24.1 Å². The first kappa shape index (κ1) is 13.4. The van der Waals surface area contributed by atoms with Crippen molar-refractivity contribution < 1.29 is 0 Å². The fraction of sp³-hybridized carbons (Fsp3) is 1.00. The van der Waals surface area contributed by atoms with E-state index in [1.54, 1.807) is 0 Å². The molecule has 2 nitrogen and oxygen atoms in total. The van der Waals surface area contributed by atoms with E-state index in [1.165, 1.54) is 58.3 Å². The van der Waals surface area contributed by atoms with Crippen molar-refractivity contribution in [3.05, 3.63) is 0 Å². The average Bonchev–Trinajstić information content (AvgIpc) is 2.88. The van der Waals surface area contributed by atoms with E-state index in [9.17, 15) is 0 Å². The number of rotatable bonds is 7. The molecule has 1 unspecified atom stereocenters. The summed E-state index contributed by atoms with van der Waals surface area (Å²) >= 11 is 0. The molecule has 17 heavy (non-hydrogen) atoms. The molecule has 100 valence electrons. The second-order valence-corrected chi connectivity index (χ2v) is 6.80. The average molecular weight is 238 g/mol. The molecule has 1 heterocycles. The summed E-state index contributed by atoms with van der Waals surface area (Å²) in [5.74, 6) is 0.784. The van der Waals surface area contributed by atoms with Crippen LogP contribution in [0.2, 0.25) is 0 Å². The third-order valence-corrected chi connectivity index (χ3v) is 5.22. The Morgan fingerprint density at radius 3 is 2.41 bits per heavy atom. The fourth-order valence-corrected chi connectivity index (χ4v) is 3.41. The molecule has 1 saturated carbocycles. The molecule has 2 N–H and O–H groups in total. The van der Waals surface area contributed by atoms with Gasteiger partial charge in [0.25, 0.3) is 0 Å². The Kier molecular flexibility index (Phi) is 4.14. The van der Waals surface area contributed by atoms with E-state index in [0.717, 1.165) is 5.92 Å². The standard InChI is InChI=1S/C15H30N2/c1-4-5-14(6-7-14)10-17-12-15(13(2)3)8-9-16-11-15/h13,16-17H,4-12H2,1-3H3. The second-order valence-electron chi connectivity index (χ2n) is 6.80. The summed E-state index contributed by atoms with van der Waals surface area (Å²) < 4.78 is 0. The summed E-state index contributed by atoms with van der Waals surface area (Å²) in [5, 5.41) is 7.34. The van der Waals surface area contributed by atoms with Crippen molar-refractivity contribution in [1.82, 2.24) is 10.6 Å². The number of hydrogen-bond acceptors (Lipinski definition) is 2. The van der Waals surface area contributed by atoms with E-state index >= 15 is 0 Å². The van der Waals surface area contributed by atoms with E-state index in [-0.39, 0.29) is 0 Å². The molecule has 0 bridgehead atoms. The monoisotopic (exact) mass is 238 g/mol. The van der Waals surface area contributed by atoms with Crippen LogP contribution in [0, 0.1) is 16.7 Å². The Morgan fingerprint density at radius 2 is 1.94 bits per heavy atom. The first-order chi connectivity index (χ1) is 8.13. The lowest BCUT2D eigenvalue weighted by Crippen LogP contribution is -2.42. The van der Waals surface area contributed by atoms with Crippen molar-refractivity contribution in [2.45, 2.75) is 52.9 Å². The smallest absolute Gasteiger partial charge is 0.00232 e. The number of hydrogen-bond donors (Lipinski definition) is 2. The molecular formula is C15H30N2. The Labute approximate surface area is 107 Å². The van der Waals surface area contributed by atoms with E-state index in [0.29, 0.717) is 10.8 Å². The molecule has 1 aliphatic carbocycles. The summed E-state index contributed by atoms with van der Waals surface area (Å²) in [5.41, 5.74) is 1.21. The van der Waals surface area contributed by atoms with Gasteiger partial charge in [0.15, 0.2) is 0 Å². The van der Waals surface area contributed by atoms with E-state index in [1.807, 2.05) is 0 Å². The highest BCUT2D eigenvalue weighted by Gasteiger charge is 2.42. The Hall–Kier alpha value is -0.0800. The minimum absolute atomic E-state index is 0.516. The van der Waals surface area contributed by atoms with Crippen LogP contribution in [-0.4, -0.2) is 26.2 Å². The van der Waals surface area contributed by atoms with Crippen LogP contribution in [0.3, 0.4) is 0 Å². The van der Waals surface area contributed by atoms with E-state index in [2.05, 4.69) is 31.4 Å². The molecule has 2 rings (SSSR count). The second kappa shape index (κ2) is 5.27. The van der Waals surface area contributed by atoms with Crippen molar-refractivity contribution in [2.75, 3.05) is 26.2 Å². The Balaban J connectivity index is 1.77. The van der Waals surface area contributed by atoms with Gasteiger partial charge in [-0.1, -0.05) is 27.2 Å². The summed E-state index contributed by atoms with van der Waals surface area (Å²) in [6.45, 7) is 12.0. The van der Waals surface area contributed by atoms with Gasteiger partial charge < -0.3 is 10.6 Å². The van der Waals surface area contributed by atoms with Gasteiger partial charge in [-0.15, -0.1) is 0 Å². The zero-order valence-corrected chi connectivity index (χ0v) is 11.9. The van der Waals surface area contributed by atoms with Gasteiger partial charge in [-0.3, -0.25) is 0 Å². The fourth-order valence-electron chi connectivity index (χ4n) is 3.41. The molecule has 2 heteroatoms. The van der Waals surface area contributed by atoms with Crippen LogP contribution in [0.25, 0.3) is 0 Å². The van der Waals surface area contributed by atoms with Gasteiger partial charge in [0.2, 0.25) is 0 Å². The molecule has 0 aromatic carbocycles. The minimum Gasteiger partial charge on any atom is -0.316 e. The molecule has 1 aliphatic heterocycles. The summed E-state index contributed by atoms with van der Waals surface area (Å²) in [7, 11) is 0. The third-order valence-electron chi connectivity index (χ3n) is 5.22. The molecule has 2 fully saturated rings. The quantitative estimate of drug-likeness (QED) is 0.713. The molecule has 1 atom stereocenters. The zero-order chi connectivity index (χ0) is 12.4. The highest BCUT2D eigenvalue weighted by atomic mass is 15.0. The first-order valence-electron chi connectivity index (χ1n) is 7.54. The molecular weight excluding hydrogens is 208 g/mol. The van der Waals surface area contributed by atoms with Crippen LogP contribution in [0.5, 0.6) is 0 Å². The highest BCUT2D eigenvalue weighted by Crippen LogP contribution is 2.49. The van der Waals surface area contributed by atoms with Crippen molar-refractivity contribution in [3.63, 3.8) is 0 Å². The van der Waals surface area contributed by atoms with Gasteiger partial charge in [-0.25, -0.2) is 0 Å². The van der Waals surface area contributed by atoms with Crippen LogP contribution in [0.4, 0.5) is 0 Å². The maximum Gasteiger partial charge on any atom is 0.00232 e. The van der Waals surface area contributed by atoms with Gasteiger partial charge in [0, 0.05) is 19.6 Å². The van der Waals surface area contributed by atoms with Crippen LogP contribution >= 0.6 is 0 Å². The number of nitrogens with one attached hydrogen (secondary N) is 2. The van der Waals surface area contributed by atoms with Gasteiger partial charge >= 0.3 is 0 Å². The molecule has 2 aliphatic rings. The molecule has 0 amide bonds. The predicted octanol–water partition coefficient (Wildman–Crippen LogP) is 2.79. The van der Waals surface area contributed by atoms with Crippen molar-refractivity contribution >= 4 is 0 Å². The SMILES string of the molecule is CCCC1(CNCC2(C(C)C)CCNC2)CC1. The van der Waals surface area contributed by atoms with Gasteiger partial charge in [0.05, 0.1) is 0 Å². The summed E-state index contributed by atoms with van der Waals surface area (Å²) in [6.07, 6.45) is 7.03. The Bertz CT molecular complexity index is 237. The minimum atomic E-state index is 0.516. The van der Waals surface area contributed by atoms with Gasteiger partial charge in [-0.2, -0.15) is 0 Å². The third kappa shape index (κ3) is 3.03. The van der Waals surface area contributed by atoms with Gasteiger partial charge in [-0.05, 0) is 49.0 Å². The van der Waals surface area contributed by atoms with Crippen molar-refractivity contribution in [1.29, 1.82) is 0 Å². The van der Waals surface area contributed by atoms with Crippen molar-refractivity contribution in [2.24, 2.45) is 16.7 Å². The highest BCUT2D eigenvalue weighted by molar-refractivity contribution is 4.97. The lowest BCUT2D eigenvalue weighted by Gasteiger charge is -2.33. The maximum atomic E-state index is 3.80. The molecule has 1 saturated heterocycles. The summed E-state index contributed by atoms with van der Waals surface area (Å²) in [4.78, 5) is 0. The molecule has 0 spiro atoms. The molecule has 0 aromatic rings. The van der Waals surface area contributed by atoms with Crippen LogP contribution < -0.4 is 10.6 Å². The maximum absolute atomic E-state index is 3.80. The Morgan fingerprint density at radius 1 is 1.18 bits per heavy atom. The zero-order valence-electron chi connectivity index (χ0n) is 11.9. The van der Waals surface area contributed by atoms with Crippen LogP contribution in [0.1, 0.15) is 52.9 Å². The largest absolute Gasteiger partial charge is 0.316 e. The first-order valence-corrected chi connectivity index (χ1v) is 7.54. The lowest BCUT2D eigenvalue weighted by molar-refractivity contribution is 0.202. The van der Waals surface area contributed by atoms with Gasteiger partial charge in [0.1, 0.15) is 0 Å². The summed E-state index contributed by atoms with van der Waals surface area (Å²) in [6, 6.07) is 0. The predicted molar refractivity (Wildman–Crippen MR) is 74.2 cm³/mol. The van der Waals surface area contributed by atoms with E-state index < -0.39 is 0 Å². The van der Waals surface area contributed by atoms with Crippen LogP contribution in [-0.2, 0) is 0 Å². The normalized spacial score (nSPS) is 31.1. The van der Waals surface area contributed by atoms with Crippen LogP contribution in [0.15, 0.2) is 0 Å². The molecule has 0 aromatic heterocycles. The van der Waals surface area contributed by atoms with E-state index in [4.69, 9.17) is 0 Å². The molecule has 0 radical (unpaired) electrons.